The molecule has 0 aliphatic carbocycles. The van der Waals surface area contributed by atoms with Gasteiger partial charge in [0.15, 0.2) is 0 Å². The van der Waals surface area contributed by atoms with Gasteiger partial charge >= 0.3 is 0 Å². The molecule has 5 nitrogen and oxygen atoms in total. The molecular formula is C33H33N3O2. The minimum Gasteiger partial charge on any atom is -0.490 e. The van der Waals surface area contributed by atoms with Crippen LogP contribution in [0.4, 0.5) is 5.69 Å². The number of hydrogen-bond donors (Lipinski definition) is 2. The molecule has 0 amide bonds. The predicted molar refractivity (Wildman–Crippen MR) is 156 cm³/mol. The molecule has 1 saturated heterocycles. The van der Waals surface area contributed by atoms with E-state index >= 15 is 0 Å². The van der Waals surface area contributed by atoms with E-state index in [0.717, 1.165) is 53.5 Å². The van der Waals surface area contributed by atoms with Gasteiger partial charge in [0.1, 0.15) is 18.5 Å². The Bertz CT molecular complexity index is 1620. The highest BCUT2D eigenvalue weighted by Gasteiger charge is 2.35. The molecule has 0 radical (unpaired) electrons. The summed E-state index contributed by atoms with van der Waals surface area (Å²) in [7, 11) is 0. The fraction of sp³-hybridized carbons (Fsp3) is 0.273. The summed E-state index contributed by atoms with van der Waals surface area (Å²) in [5.74, 6) is 0.818. The minimum absolute atomic E-state index is 0.275. The molecule has 4 heterocycles. The van der Waals surface area contributed by atoms with E-state index in [1.165, 1.54) is 16.5 Å². The van der Waals surface area contributed by atoms with Crippen LogP contribution in [-0.2, 0) is 0 Å². The van der Waals surface area contributed by atoms with Crippen LogP contribution in [0.5, 0.6) is 5.75 Å². The maximum absolute atomic E-state index is 11.1. The first-order valence-corrected chi connectivity index (χ1v) is 13.7. The minimum atomic E-state index is -0.561. The molecule has 3 aliphatic rings. The number of H-pyrrole nitrogens is 1. The summed E-state index contributed by atoms with van der Waals surface area (Å²) in [6.07, 6.45) is 6.12. The van der Waals surface area contributed by atoms with Crippen LogP contribution >= 0.6 is 0 Å². The largest absolute Gasteiger partial charge is 0.490 e. The Kier molecular flexibility index (Phi) is 6.03. The number of aromatic nitrogens is 1. The number of fused-ring (bicyclic) bond motifs is 8. The van der Waals surface area contributed by atoms with Crippen molar-refractivity contribution in [2.24, 2.45) is 0 Å². The van der Waals surface area contributed by atoms with Crippen LogP contribution in [0.15, 0.2) is 97.1 Å². The number of benzene rings is 4. The van der Waals surface area contributed by atoms with Crippen molar-refractivity contribution in [3.05, 3.63) is 97.1 Å². The highest BCUT2D eigenvalue weighted by Crippen LogP contribution is 2.34. The molecule has 1 fully saturated rings. The van der Waals surface area contributed by atoms with Gasteiger partial charge in [-0.3, -0.25) is 4.90 Å². The van der Waals surface area contributed by atoms with Gasteiger partial charge in [-0.15, -0.1) is 0 Å². The summed E-state index contributed by atoms with van der Waals surface area (Å²) in [5, 5.41) is 15.9. The van der Waals surface area contributed by atoms with Crippen molar-refractivity contribution < 1.29 is 9.84 Å². The summed E-state index contributed by atoms with van der Waals surface area (Å²) in [6.45, 7) is 2.80. The van der Waals surface area contributed by atoms with Crippen LogP contribution in [0.1, 0.15) is 12.8 Å². The summed E-state index contributed by atoms with van der Waals surface area (Å²) in [4.78, 5) is 8.53. The molecule has 0 spiro atoms. The number of ether oxygens (including phenoxy) is 1. The molecule has 2 unspecified atom stereocenters. The first kappa shape index (κ1) is 23.3. The van der Waals surface area contributed by atoms with E-state index in [2.05, 4.69) is 87.6 Å². The lowest BCUT2D eigenvalue weighted by Gasteiger charge is -2.48. The van der Waals surface area contributed by atoms with Gasteiger partial charge in [0, 0.05) is 53.7 Å². The van der Waals surface area contributed by atoms with E-state index in [0.29, 0.717) is 18.6 Å². The van der Waals surface area contributed by atoms with Gasteiger partial charge in [0.2, 0.25) is 0 Å². The molecule has 5 heteroatoms. The number of aromatic amines is 1. The second-order valence-electron chi connectivity index (χ2n) is 10.7. The molecule has 2 N–H and O–H groups in total. The number of para-hydroxylation sites is 1. The number of aliphatic hydroxyl groups excluding tert-OH is 1. The van der Waals surface area contributed by atoms with Gasteiger partial charge in [-0.05, 0) is 53.9 Å². The topological polar surface area (TPSA) is 51.7 Å². The normalized spacial score (nSPS) is 20.7. The fourth-order valence-corrected chi connectivity index (χ4v) is 6.34. The third-order valence-electron chi connectivity index (χ3n) is 8.23. The lowest BCUT2D eigenvalue weighted by molar-refractivity contribution is 0.0409. The number of piperazine rings is 1. The Morgan fingerprint density at radius 1 is 0.816 bits per heavy atom. The van der Waals surface area contributed by atoms with Crippen molar-refractivity contribution >= 4 is 38.3 Å². The van der Waals surface area contributed by atoms with Gasteiger partial charge in [-0.1, -0.05) is 66.7 Å². The molecule has 2 bridgehead atoms. The molecular weight excluding hydrogens is 470 g/mol. The number of nitrogens with one attached hydrogen (secondary N) is 1. The van der Waals surface area contributed by atoms with Crippen LogP contribution in [0.3, 0.4) is 0 Å². The first-order valence-electron chi connectivity index (χ1n) is 13.7. The number of aliphatic hydroxyl groups is 1. The van der Waals surface area contributed by atoms with E-state index in [9.17, 15) is 5.11 Å². The smallest absolute Gasteiger partial charge is 0.129 e. The van der Waals surface area contributed by atoms with E-state index < -0.39 is 6.10 Å². The Balaban J connectivity index is 1.06. The molecule has 192 valence electrons. The molecule has 3 atom stereocenters. The van der Waals surface area contributed by atoms with Crippen molar-refractivity contribution in [2.45, 2.75) is 31.0 Å². The van der Waals surface area contributed by atoms with Gasteiger partial charge in [0.25, 0.3) is 0 Å². The quantitative estimate of drug-likeness (QED) is 0.274. The molecule has 8 rings (SSSR count). The van der Waals surface area contributed by atoms with Crippen molar-refractivity contribution in [3.8, 4) is 5.75 Å². The fourth-order valence-electron chi connectivity index (χ4n) is 6.34. The molecule has 3 aliphatic heterocycles. The third-order valence-corrected chi connectivity index (χ3v) is 8.23. The average molecular weight is 504 g/mol. The molecule has 5 aromatic rings. The van der Waals surface area contributed by atoms with Crippen LogP contribution < -0.4 is 9.64 Å². The monoisotopic (exact) mass is 503 g/mol. The molecule has 1 aromatic heterocycles. The van der Waals surface area contributed by atoms with Crippen LogP contribution in [0, 0.1) is 0 Å². The zero-order valence-electron chi connectivity index (χ0n) is 21.5. The van der Waals surface area contributed by atoms with Crippen LogP contribution in [0.25, 0.3) is 32.6 Å². The Labute approximate surface area is 222 Å². The Hall–Kier alpha value is -3.80. The van der Waals surface area contributed by atoms with Crippen molar-refractivity contribution in [2.75, 3.05) is 31.1 Å². The zero-order valence-corrected chi connectivity index (χ0v) is 21.5. The van der Waals surface area contributed by atoms with E-state index in [1.807, 2.05) is 24.3 Å². The number of nitrogens with zero attached hydrogens (tertiary/aromatic N) is 2. The van der Waals surface area contributed by atoms with Gasteiger partial charge in [-0.2, -0.15) is 0 Å². The SMILES string of the molecule is O[C@H](COc1cccc2[nH]c3ccccc3c12)CN1CC2CC=CCC1CN2c1ccc2ccccc2c1. The summed E-state index contributed by atoms with van der Waals surface area (Å²) >= 11 is 0. The second kappa shape index (κ2) is 9.82. The lowest BCUT2D eigenvalue weighted by atomic mass is 9.96. The lowest BCUT2D eigenvalue weighted by Crippen LogP contribution is -2.60. The Morgan fingerprint density at radius 3 is 2.53 bits per heavy atom. The first-order chi connectivity index (χ1) is 18.7. The number of rotatable bonds is 6. The van der Waals surface area contributed by atoms with E-state index in [4.69, 9.17) is 4.74 Å². The summed E-state index contributed by atoms with van der Waals surface area (Å²) in [6, 6.07) is 30.5. The number of hydrogen-bond acceptors (Lipinski definition) is 4. The maximum atomic E-state index is 11.1. The van der Waals surface area contributed by atoms with Crippen LogP contribution in [-0.4, -0.2) is 59.4 Å². The Morgan fingerprint density at radius 2 is 1.61 bits per heavy atom. The number of anilines is 1. The second-order valence-corrected chi connectivity index (χ2v) is 10.7. The van der Waals surface area contributed by atoms with Crippen LogP contribution in [0.2, 0.25) is 0 Å². The van der Waals surface area contributed by atoms with Gasteiger partial charge in [-0.25, -0.2) is 0 Å². The predicted octanol–water partition coefficient (Wildman–Crippen LogP) is 6.12. The van der Waals surface area contributed by atoms with Crippen molar-refractivity contribution in [1.29, 1.82) is 0 Å². The zero-order chi connectivity index (χ0) is 25.5. The van der Waals surface area contributed by atoms with Gasteiger partial charge in [0.05, 0.1) is 5.52 Å². The standard InChI is InChI=1S/C33H33N3O2/c37-28(22-38-32-15-7-14-31-33(32)29-12-5-6-13-30(29)34-31)21-35-19-27-11-4-3-10-26(35)20-36(27)25-17-16-23-8-1-2-9-24(23)18-25/h1-9,12-18,26-28,34,37H,10-11,19-22H2/t26?,27?,28-/m0/s1. The maximum Gasteiger partial charge on any atom is 0.129 e. The van der Waals surface area contributed by atoms with E-state index in [-0.39, 0.29) is 6.61 Å². The molecule has 0 saturated carbocycles. The molecule has 38 heavy (non-hydrogen) atoms. The van der Waals surface area contributed by atoms with Gasteiger partial charge < -0.3 is 19.7 Å². The van der Waals surface area contributed by atoms with E-state index in [1.54, 1.807) is 0 Å². The highest BCUT2D eigenvalue weighted by atomic mass is 16.5. The highest BCUT2D eigenvalue weighted by molar-refractivity contribution is 6.10. The van der Waals surface area contributed by atoms with Crippen molar-refractivity contribution in [1.82, 2.24) is 9.88 Å². The summed E-state index contributed by atoms with van der Waals surface area (Å²) < 4.78 is 6.24. The molecule has 4 aromatic carbocycles. The average Bonchev–Trinajstić information content (AvgIpc) is 3.32. The third kappa shape index (κ3) is 4.32. The summed E-state index contributed by atoms with van der Waals surface area (Å²) in [5.41, 5.74) is 3.45. The van der Waals surface area contributed by atoms with Crippen molar-refractivity contribution in [3.63, 3.8) is 0 Å².